The molecule has 0 bridgehead atoms. The second-order valence-corrected chi connectivity index (χ2v) is 3.43. The van der Waals surface area contributed by atoms with Crippen molar-refractivity contribution in [2.45, 2.75) is 0 Å². The third kappa shape index (κ3) is 4.20. The summed E-state index contributed by atoms with van der Waals surface area (Å²) in [6.07, 6.45) is 0. The molecule has 0 saturated heterocycles. The van der Waals surface area contributed by atoms with Gasteiger partial charge in [-0.2, -0.15) is 0 Å². The quantitative estimate of drug-likeness (QED) is 0.555. The van der Waals surface area contributed by atoms with Crippen molar-refractivity contribution in [3.05, 3.63) is 42.0 Å². The van der Waals surface area contributed by atoms with E-state index in [1.165, 1.54) is 0 Å². The van der Waals surface area contributed by atoms with Crippen LogP contribution in [0.4, 0.5) is 0 Å². The number of benzene rings is 1. The van der Waals surface area contributed by atoms with Crippen LogP contribution in [0.25, 0.3) is 5.76 Å². The van der Waals surface area contributed by atoms with Crippen LogP contribution in [-0.4, -0.2) is 42.6 Å². The van der Waals surface area contributed by atoms with Crippen LogP contribution in [0.5, 0.6) is 0 Å². The first-order valence-corrected chi connectivity index (χ1v) is 5.50. The molecule has 0 spiro atoms. The van der Waals surface area contributed by atoms with Crippen LogP contribution in [0.15, 0.2) is 30.8 Å². The lowest BCUT2D eigenvalue weighted by molar-refractivity contribution is 0.0433. The van der Waals surface area contributed by atoms with Crippen LogP contribution < -0.4 is 0 Å². The Bertz CT molecular complexity index is 357. The van der Waals surface area contributed by atoms with Gasteiger partial charge in [-0.05, 0) is 12.1 Å². The Morgan fingerprint density at radius 1 is 1.00 bits per heavy atom. The van der Waals surface area contributed by atoms with Gasteiger partial charge in [-0.3, -0.25) is 0 Å². The summed E-state index contributed by atoms with van der Waals surface area (Å²) < 4.78 is 9.92. The highest BCUT2D eigenvalue weighted by Gasteiger charge is 2.07. The maximum Gasteiger partial charge on any atom is 0.338 e. The normalized spacial score (nSPS) is 9.89. The molecule has 5 heteroatoms. The average Bonchev–Trinajstić information content (AvgIpc) is 2.42. The van der Waals surface area contributed by atoms with Gasteiger partial charge in [0.25, 0.3) is 0 Å². The lowest BCUT2D eigenvalue weighted by Crippen LogP contribution is -2.08. The van der Waals surface area contributed by atoms with Gasteiger partial charge in [0.1, 0.15) is 19.0 Å². The molecule has 0 unspecified atom stereocenters. The molecule has 0 radical (unpaired) electrons. The van der Waals surface area contributed by atoms with Gasteiger partial charge in [-0.1, -0.05) is 18.7 Å². The molecule has 0 atom stereocenters. The zero-order valence-electron chi connectivity index (χ0n) is 9.96. The topological polar surface area (TPSA) is 76.0 Å². The SMILES string of the molecule is C=C(OCCO)c1ccc(C(=O)OCCO)cc1. The van der Waals surface area contributed by atoms with E-state index in [0.29, 0.717) is 11.3 Å². The minimum Gasteiger partial charge on any atom is -0.491 e. The highest BCUT2D eigenvalue weighted by molar-refractivity contribution is 5.89. The Balaban J connectivity index is 2.62. The fourth-order valence-electron chi connectivity index (χ4n) is 1.27. The second-order valence-electron chi connectivity index (χ2n) is 3.43. The lowest BCUT2D eigenvalue weighted by Gasteiger charge is -2.08. The summed E-state index contributed by atoms with van der Waals surface area (Å²) in [6.45, 7) is 3.59. The van der Waals surface area contributed by atoms with E-state index in [1.54, 1.807) is 24.3 Å². The van der Waals surface area contributed by atoms with Crippen molar-refractivity contribution in [1.29, 1.82) is 0 Å². The van der Waals surface area contributed by atoms with Crippen molar-refractivity contribution in [2.24, 2.45) is 0 Å². The Kier molecular flexibility index (Phi) is 5.90. The highest BCUT2D eigenvalue weighted by Crippen LogP contribution is 2.15. The fourth-order valence-corrected chi connectivity index (χ4v) is 1.27. The van der Waals surface area contributed by atoms with Crippen LogP contribution in [0.1, 0.15) is 15.9 Å². The molecule has 0 aliphatic rings. The molecule has 0 amide bonds. The van der Waals surface area contributed by atoms with Crippen molar-refractivity contribution < 1.29 is 24.5 Å². The molecule has 1 aromatic carbocycles. The van der Waals surface area contributed by atoms with Crippen LogP contribution >= 0.6 is 0 Å². The molecule has 1 aromatic rings. The van der Waals surface area contributed by atoms with E-state index in [2.05, 4.69) is 6.58 Å². The van der Waals surface area contributed by atoms with Crippen molar-refractivity contribution in [3.8, 4) is 0 Å². The molecule has 18 heavy (non-hydrogen) atoms. The number of hydrogen-bond acceptors (Lipinski definition) is 5. The predicted octanol–water partition coefficient (Wildman–Crippen LogP) is 0.815. The Morgan fingerprint density at radius 3 is 2.06 bits per heavy atom. The van der Waals surface area contributed by atoms with E-state index in [1.807, 2.05) is 0 Å². The first-order chi connectivity index (χ1) is 8.69. The van der Waals surface area contributed by atoms with Gasteiger partial charge in [0.15, 0.2) is 0 Å². The molecule has 0 aromatic heterocycles. The number of hydrogen-bond donors (Lipinski definition) is 2. The third-order valence-electron chi connectivity index (χ3n) is 2.13. The predicted molar refractivity (Wildman–Crippen MR) is 65.9 cm³/mol. The molecule has 0 saturated carbocycles. The number of aliphatic hydroxyl groups is 2. The van der Waals surface area contributed by atoms with Gasteiger partial charge < -0.3 is 19.7 Å². The third-order valence-corrected chi connectivity index (χ3v) is 2.13. The van der Waals surface area contributed by atoms with Crippen molar-refractivity contribution in [3.63, 3.8) is 0 Å². The maximum atomic E-state index is 11.4. The number of aliphatic hydroxyl groups excluding tert-OH is 2. The minimum atomic E-state index is -0.488. The van der Waals surface area contributed by atoms with Crippen LogP contribution in [-0.2, 0) is 9.47 Å². The summed E-state index contributed by atoms with van der Waals surface area (Å²) in [4.78, 5) is 11.4. The molecule has 0 aliphatic heterocycles. The van der Waals surface area contributed by atoms with E-state index in [-0.39, 0.29) is 26.4 Å². The van der Waals surface area contributed by atoms with Crippen molar-refractivity contribution in [1.82, 2.24) is 0 Å². The summed E-state index contributed by atoms with van der Waals surface area (Å²) in [5.41, 5.74) is 1.12. The number of esters is 1. The van der Waals surface area contributed by atoms with Gasteiger partial charge in [0.2, 0.25) is 0 Å². The van der Waals surface area contributed by atoms with Gasteiger partial charge in [0, 0.05) is 5.56 Å². The van der Waals surface area contributed by atoms with Gasteiger partial charge >= 0.3 is 5.97 Å². The zero-order chi connectivity index (χ0) is 13.4. The van der Waals surface area contributed by atoms with Crippen molar-refractivity contribution >= 4 is 11.7 Å². The Hall–Kier alpha value is -1.85. The summed E-state index contributed by atoms with van der Waals surface area (Å²) in [7, 11) is 0. The summed E-state index contributed by atoms with van der Waals surface area (Å²) in [5.74, 6) is -0.0585. The summed E-state index contributed by atoms with van der Waals surface area (Å²) >= 11 is 0. The van der Waals surface area contributed by atoms with Crippen molar-refractivity contribution in [2.75, 3.05) is 26.4 Å². The van der Waals surface area contributed by atoms with Gasteiger partial charge in [-0.15, -0.1) is 0 Å². The highest BCUT2D eigenvalue weighted by atomic mass is 16.5. The molecular weight excluding hydrogens is 236 g/mol. The first kappa shape index (κ1) is 14.2. The standard InChI is InChI=1S/C13H16O5/c1-10(17-8-6-14)11-2-4-12(5-3-11)13(16)18-9-7-15/h2-5,14-15H,1,6-9H2. The molecule has 2 N–H and O–H groups in total. The Morgan fingerprint density at radius 2 is 1.50 bits per heavy atom. The van der Waals surface area contributed by atoms with E-state index >= 15 is 0 Å². The fraction of sp³-hybridized carbons (Fsp3) is 0.308. The average molecular weight is 252 g/mol. The van der Waals surface area contributed by atoms with Crippen LogP contribution in [0, 0.1) is 0 Å². The minimum absolute atomic E-state index is 0.0209. The van der Waals surface area contributed by atoms with E-state index in [4.69, 9.17) is 19.7 Å². The molecule has 0 aliphatic carbocycles. The number of carbonyl (C=O) groups excluding carboxylic acids is 1. The maximum absolute atomic E-state index is 11.4. The zero-order valence-corrected chi connectivity index (χ0v) is 9.96. The Labute approximate surface area is 105 Å². The molecule has 98 valence electrons. The van der Waals surface area contributed by atoms with E-state index < -0.39 is 5.97 Å². The second kappa shape index (κ2) is 7.47. The number of carbonyl (C=O) groups is 1. The van der Waals surface area contributed by atoms with E-state index in [0.717, 1.165) is 5.56 Å². The monoisotopic (exact) mass is 252 g/mol. The van der Waals surface area contributed by atoms with Gasteiger partial charge in [-0.25, -0.2) is 4.79 Å². The largest absolute Gasteiger partial charge is 0.491 e. The smallest absolute Gasteiger partial charge is 0.338 e. The van der Waals surface area contributed by atoms with E-state index in [9.17, 15) is 4.79 Å². The van der Waals surface area contributed by atoms with Crippen LogP contribution in [0.2, 0.25) is 0 Å². The molecule has 1 rings (SSSR count). The first-order valence-electron chi connectivity index (χ1n) is 5.50. The summed E-state index contributed by atoms with van der Waals surface area (Å²) in [5, 5.41) is 17.1. The number of ether oxygens (including phenoxy) is 2. The summed E-state index contributed by atoms with van der Waals surface area (Å²) in [6, 6.07) is 6.52. The molecule has 5 nitrogen and oxygen atoms in total. The van der Waals surface area contributed by atoms with Crippen LogP contribution in [0.3, 0.4) is 0 Å². The lowest BCUT2D eigenvalue weighted by atomic mass is 10.1. The number of rotatable bonds is 7. The van der Waals surface area contributed by atoms with Gasteiger partial charge in [0.05, 0.1) is 18.8 Å². The molecule has 0 fully saturated rings. The molecular formula is C13H16O5. The molecule has 0 heterocycles.